The van der Waals surface area contributed by atoms with Crippen LogP contribution in [0.4, 0.5) is 0 Å². The van der Waals surface area contributed by atoms with Crippen LogP contribution in [0, 0.1) is 7.26 Å². The molecule has 6 heteroatoms. The number of halogens is 1. The van der Waals surface area contributed by atoms with Gasteiger partial charge in [-0.3, -0.25) is 0 Å². The van der Waals surface area contributed by atoms with E-state index in [9.17, 15) is 0 Å². The van der Waals surface area contributed by atoms with E-state index in [1.165, 1.54) is 7.26 Å². The van der Waals surface area contributed by atoms with Gasteiger partial charge in [-0.1, -0.05) is 0 Å². The molecule has 2 rings (SSSR count). The summed E-state index contributed by atoms with van der Waals surface area (Å²) in [6, 6.07) is 0. The van der Waals surface area contributed by atoms with Crippen LogP contribution in [0.1, 0.15) is 0 Å². The molecular formula is C10H16AuBrN4. The van der Waals surface area contributed by atoms with Crippen LogP contribution in [0.5, 0.6) is 0 Å². The summed E-state index contributed by atoms with van der Waals surface area (Å²) >= 11 is 2.51. The van der Waals surface area contributed by atoms with Crippen molar-refractivity contribution in [3.05, 3.63) is 32.0 Å². The Kier molecular flexibility index (Phi) is 3.39. The molecule has 0 aromatic carbocycles. The minimum atomic E-state index is -1.41. The van der Waals surface area contributed by atoms with Gasteiger partial charge in [0.05, 0.1) is 0 Å². The molecule has 4 nitrogen and oxygen atoms in total. The van der Waals surface area contributed by atoms with Crippen molar-refractivity contribution in [2.24, 2.45) is 28.2 Å². The molecule has 0 aliphatic carbocycles. The summed E-state index contributed by atoms with van der Waals surface area (Å²) in [4.78, 5) is 0. The van der Waals surface area contributed by atoms with Crippen molar-refractivity contribution in [1.82, 2.24) is 18.3 Å². The average molecular weight is 469 g/mol. The zero-order chi connectivity index (χ0) is 11.9. The van der Waals surface area contributed by atoms with Crippen molar-refractivity contribution in [2.45, 2.75) is 0 Å². The van der Waals surface area contributed by atoms with Gasteiger partial charge in [0, 0.05) is 0 Å². The summed E-state index contributed by atoms with van der Waals surface area (Å²) in [7, 11) is 8.40. The van der Waals surface area contributed by atoms with Gasteiger partial charge in [-0.05, 0) is 0 Å². The van der Waals surface area contributed by atoms with Gasteiger partial charge >= 0.3 is 107 Å². The number of hydrogen-bond acceptors (Lipinski definition) is 0. The molecule has 16 heavy (non-hydrogen) atoms. The molecule has 0 aliphatic rings. The maximum atomic E-state index is 3.92. The fraction of sp³-hybridized carbons (Fsp3) is 0.400. The molecule has 0 saturated heterocycles. The summed E-state index contributed by atoms with van der Waals surface area (Å²) in [5.41, 5.74) is 0. The third kappa shape index (κ3) is 1.93. The zero-order valence-corrected chi connectivity index (χ0v) is 13.5. The fourth-order valence-corrected chi connectivity index (χ4v) is 10.8. The fourth-order valence-electron chi connectivity index (χ4n) is 1.55. The zero-order valence-electron chi connectivity index (χ0n) is 9.78. The first-order valence-electron chi connectivity index (χ1n) is 4.80. The Morgan fingerprint density at radius 1 is 0.750 bits per heavy atom. The van der Waals surface area contributed by atoms with Gasteiger partial charge in [0.25, 0.3) is 0 Å². The summed E-state index contributed by atoms with van der Waals surface area (Å²) in [5, 5.41) is 0. The Balaban J connectivity index is 3.17. The van der Waals surface area contributed by atoms with E-state index in [2.05, 4.69) is 84.3 Å². The van der Waals surface area contributed by atoms with Crippen molar-refractivity contribution in [3.8, 4) is 0 Å². The van der Waals surface area contributed by atoms with E-state index in [1.54, 1.807) is 0 Å². The van der Waals surface area contributed by atoms with Crippen LogP contribution in [0.25, 0.3) is 0 Å². The van der Waals surface area contributed by atoms with Gasteiger partial charge in [0.15, 0.2) is 0 Å². The molecule has 94 valence electrons. The van der Waals surface area contributed by atoms with Gasteiger partial charge in [-0.2, -0.15) is 0 Å². The van der Waals surface area contributed by atoms with Gasteiger partial charge in [0.2, 0.25) is 0 Å². The van der Waals surface area contributed by atoms with Gasteiger partial charge in [0.1, 0.15) is 0 Å². The van der Waals surface area contributed by atoms with Crippen LogP contribution in [0.15, 0.2) is 24.8 Å². The van der Waals surface area contributed by atoms with Gasteiger partial charge in [-0.15, -0.1) is 0 Å². The van der Waals surface area contributed by atoms with Crippen molar-refractivity contribution in [2.75, 3.05) is 0 Å². The molecule has 0 saturated carbocycles. The third-order valence-corrected chi connectivity index (χ3v) is 10.6. The first kappa shape index (κ1) is 12.1. The molecule has 2 aromatic heterocycles. The molecule has 0 fully saturated rings. The van der Waals surface area contributed by atoms with E-state index >= 15 is 0 Å². The van der Waals surface area contributed by atoms with Crippen LogP contribution in [0.3, 0.4) is 0 Å². The Morgan fingerprint density at radius 2 is 1.00 bits per heavy atom. The van der Waals surface area contributed by atoms with E-state index in [0.717, 1.165) is 0 Å². The molecule has 0 bridgehead atoms. The second-order valence-corrected chi connectivity index (χ2v) is 10.9. The summed E-state index contributed by atoms with van der Waals surface area (Å²) in [6.07, 6.45) is 8.40. The monoisotopic (exact) mass is 468 g/mol. The molecule has 0 amide bonds. The Labute approximate surface area is 106 Å². The van der Waals surface area contributed by atoms with Crippen LogP contribution in [-0.2, 0) is 43.6 Å². The second-order valence-electron chi connectivity index (χ2n) is 3.70. The molecule has 0 aliphatic heterocycles. The molecule has 0 spiro atoms. The Hall–Kier alpha value is -0.360. The molecular weight excluding hydrogens is 453 g/mol. The summed E-state index contributed by atoms with van der Waals surface area (Å²) in [5.74, 6) is 0. The van der Waals surface area contributed by atoms with Crippen LogP contribution >= 0.6 is 13.0 Å². The van der Waals surface area contributed by atoms with Crippen LogP contribution in [-0.4, -0.2) is 18.3 Å². The number of hydrogen-bond donors (Lipinski definition) is 0. The van der Waals surface area contributed by atoms with Crippen molar-refractivity contribution in [1.29, 1.82) is 0 Å². The maximum absolute atomic E-state index is 3.92. The van der Waals surface area contributed by atoms with E-state index in [-0.39, 0.29) is 0 Å². The molecule has 0 atom stereocenters. The second kappa shape index (κ2) is 4.49. The van der Waals surface area contributed by atoms with Crippen molar-refractivity contribution >= 4 is 13.0 Å². The molecule has 0 unspecified atom stereocenters. The van der Waals surface area contributed by atoms with E-state index in [1.807, 2.05) is 0 Å². The van der Waals surface area contributed by atoms with Gasteiger partial charge < -0.3 is 0 Å². The standard InChI is InChI=1S/2C5H8N2.Au.BrH/c2*1-6-3-4-7(2)5-6;;/h2*3-4H,1-2H3;;1H/q;;+1;/p-1. The average Bonchev–Trinajstić information content (AvgIpc) is 2.71. The number of aryl methyl sites for hydroxylation is 4. The Bertz CT molecular complexity index is 575. The molecule has 2 aromatic rings. The molecule has 0 N–H and O–H groups in total. The third-order valence-electron chi connectivity index (χ3n) is 2.32. The first-order chi connectivity index (χ1) is 7.52. The molecule has 2 heterocycles. The van der Waals surface area contributed by atoms with E-state index in [0.29, 0.717) is 0 Å². The topological polar surface area (TPSA) is 19.7 Å². The summed E-state index contributed by atoms with van der Waals surface area (Å²) in [6.45, 7) is 0. The summed E-state index contributed by atoms with van der Waals surface area (Å²) < 4.78 is 11.5. The predicted octanol–water partition coefficient (Wildman–Crippen LogP) is 1.73. The number of nitrogens with zero attached hydrogens (tertiary/aromatic N) is 4. The quantitative estimate of drug-likeness (QED) is 0.525. The van der Waals surface area contributed by atoms with Gasteiger partial charge in [-0.25, -0.2) is 0 Å². The SMILES string of the molecule is Cn1ccn(C)[c]1=[Au]([Br])=[c]1n(C)ccn1C. The predicted molar refractivity (Wildman–Crippen MR) is 64.2 cm³/mol. The van der Waals surface area contributed by atoms with Crippen molar-refractivity contribution < 1.29 is 15.4 Å². The normalized spacial score (nSPS) is 11.9. The first-order valence-corrected chi connectivity index (χ1v) is 11.7. The van der Waals surface area contributed by atoms with E-state index in [4.69, 9.17) is 0 Å². The number of aromatic nitrogens is 4. The minimum absolute atomic E-state index is 1.37. The number of rotatable bonds is 0. The van der Waals surface area contributed by atoms with Crippen LogP contribution in [0.2, 0.25) is 0 Å². The Morgan fingerprint density at radius 3 is 1.25 bits per heavy atom. The van der Waals surface area contributed by atoms with Crippen molar-refractivity contribution in [3.63, 3.8) is 0 Å². The molecule has 0 radical (unpaired) electrons. The van der Waals surface area contributed by atoms with Crippen LogP contribution < -0.4 is 0 Å². The van der Waals surface area contributed by atoms with E-state index < -0.39 is 15.4 Å². The number of imidazole rings is 2.